The zero-order valence-corrected chi connectivity index (χ0v) is 26.5. The maximum atomic E-state index is 14.1. The van der Waals surface area contributed by atoms with Crippen LogP contribution in [-0.2, 0) is 17.9 Å². The fourth-order valence-corrected chi connectivity index (χ4v) is 7.11. The first-order valence-electron chi connectivity index (χ1n) is 16.2. The van der Waals surface area contributed by atoms with E-state index in [0.717, 1.165) is 42.2 Å². The summed E-state index contributed by atoms with van der Waals surface area (Å²) in [5.41, 5.74) is 2.18. The van der Waals surface area contributed by atoms with E-state index >= 15 is 0 Å². The molecule has 0 bridgehead atoms. The molecule has 0 saturated carbocycles. The Labute approximate surface area is 273 Å². The van der Waals surface area contributed by atoms with Crippen molar-refractivity contribution in [2.24, 2.45) is 5.92 Å². The van der Waals surface area contributed by atoms with E-state index in [1.54, 1.807) is 19.4 Å². The largest absolute Gasteiger partial charge is 0.497 e. The highest BCUT2D eigenvalue weighted by Gasteiger charge is 2.41. The smallest absolute Gasteiger partial charge is 0.262 e. The number of hydrogen-bond acceptors (Lipinski definition) is 8. The monoisotopic (exact) mass is 633 g/mol. The van der Waals surface area contributed by atoms with Crippen molar-refractivity contribution in [3.8, 4) is 11.4 Å². The summed E-state index contributed by atoms with van der Waals surface area (Å²) < 4.78 is 8.62. The van der Waals surface area contributed by atoms with Crippen LogP contribution in [-0.4, -0.2) is 84.0 Å². The van der Waals surface area contributed by atoms with Crippen molar-refractivity contribution in [1.29, 1.82) is 0 Å². The van der Waals surface area contributed by atoms with Crippen LogP contribution in [0.4, 0.5) is 0 Å². The molecule has 2 saturated heterocycles. The third-order valence-corrected chi connectivity index (χ3v) is 9.75. The molecule has 11 heteroatoms. The van der Waals surface area contributed by atoms with Gasteiger partial charge in [-0.3, -0.25) is 19.1 Å². The zero-order valence-electron chi connectivity index (χ0n) is 26.5. The first-order chi connectivity index (χ1) is 22.9. The van der Waals surface area contributed by atoms with Gasteiger partial charge in [0.1, 0.15) is 12.1 Å². The molecule has 2 aliphatic heterocycles. The van der Waals surface area contributed by atoms with Crippen LogP contribution in [0.3, 0.4) is 0 Å². The topological polar surface area (TPSA) is 119 Å². The number of rotatable bonds is 8. The lowest BCUT2D eigenvalue weighted by atomic mass is 9.79. The standard InChI is InChI=1S/C36H39N7O4/c1-47-29-11-9-28(10-12-29)43-19-14-31-33(43)37-25-42(35(31)45)24-36(46)15-20-41(21-16-36)34(44)30-13-18-40(22-27-8-5-17-38-39-27)23-32(30)26-6-3-2-4-7-26/h2-12,14,17,19,25,30,32,46H,13,15-16,18,20-24H2,1H3/t30-,32+/m1/s1. The second-order valence-corrected chi connectivity index (χ2v) is 12.7. The Morgan fingerprint density at radius 1 is 1.00 bits per heavy atom. The van der Waals surface area contributed by atoms with Gasteiger partial charge in [-0.1, -0.05) is 30.3 Å². The summed E-state index contributed by atoms with van der Waals surface area (Å²) in [6.45, 7) is 3.25. The first-order valence-corrected chi connectivity index (χ1v) is 16.2. The van der Waals surface area contributed by atoms with Crippen LogP contribution in [0.15, 0.2) is 96.3 Å². The number of amides is 1. The minimum absolute atomic E-state index is 0.0523. The second kappa shape index (κ2) is 13.1. The highest BCUT2D eigenvalue weighted by atomic mass is 16.5. The van der Waals surface area contributed by atoms with Gasteiger partial charge in [-0.25, -0.2) is 4.98 Å². The highest BCUT2D eigenvalue weighted by Crippen LogP contribution is 2.36. The minimum Gasteiger partial charge on any atom is -0.497 e. The summed E-state index contributed by atoms with van der Waals surface area (Å²) >= 11 is 0. The Morgan fingerprint density at radius 3 is 2.51 bits per heavy atom. The molecule has 1 N–H and O–H groups in total. The number of methoxy groups -OCH3 is 1. The molecule has 5 heterocycles. The molecule has 2 aromatic carbocycles. The summed E-state index contributed by atoms with van der Waals surface area (Å²) in [5, 5.41) is 20.4. The molecule has 2 fully saturated rings. The molecule has 11 nitrogen and oxygen atoms in total. The predicted molar refractivity (Wildman–Crippen MR) is 177 cm³/mol. The number of fused-ring (bicyclic) bond motifs is 1. The molecule has 242 valence electrons. The van der Waals surface area contributed by atoms with Crippen molar-refractivity contribution in [3.63, 3.8) is 0 Å². The lowest BCUT2D eigenvalue weighted by Gasteiger charge is -2.43. The Hall–Kier alpha value is -4.87. The number of carbonyl (C=O) groups excluding carboxylic acids is 1. The maximum absolute atomic E-state index is 14.1. The van der Waals surface area contributed by atoms with Gasteiger partial charge in [-0.2, -0.15) is 10.2 Å². The van der Waals surface area contributed by atoms with Crippen LogP contribution in [0.25, 0.3) is 16.7 Å². The van der Waals surface area contributed by atoms with E-state index in [4.69, 9.17) is 4.74 Å². The van der Waals surface area contributed by atoms with Gasteiger partial charge in [-0.15, -0.1) is 0 Å². The first kappa shape index (κ1) is 30.8. The molecule has 0 unspecified atom stereocenters. The quantitative estimate of drug-likeness (QED) is 0.275. The summed E-state index contributed by atoms with van der Waals surface area (Å²) in [4.78, 5) is 36.4. The van der Waals surface area contributed by atoms with Crippen LogP contribution < -0.4 is 10.3 Å². The number of aliphatic hydroxyl groups is 1. The fraction of sp³-hybridized carbons (Fsp3) is 0.361. The van der Waals surface area contributed by atoms with Crippen molar-refractivity contribution < 1.29 is 14.6 Å². The lowest BCUT2D eigenvalue weighted by Crippen LogP contribution is -2.53. The van der Waals surface area contributed by atoms with Gasteiger partial charge in [0.2, 0.25) is 5.91 Å². The molecule has 5 aromatic rings. The van der Waals surface area contributed by atoms with E-state index < -0.39 is 5.60 Å². The van der Waals surface area contributed by atoms with Crippen molar-refractivity contribution in [2.45, 2.75) is 43.9 Å². The van der Waals surface area contributed by atoms with Crippen molar-refractivity contribution in [1.82, 2.24) is 34.1 Å². The number of hydrogen-bond donors (Lipinski definition) is 1. The normalized spacial score (nSPS) is 19.9. The Kier molecular flexibility index (Phi) is 8.57. The van der Waals surface area contributed by atoms with Crippen LogP contribution in [0, 0.1) is 5.92 Å². The molecule has 7 rings (SSSR count). The SMILES string of the molecule is COc1ccc(-n2ccc3c(=O)n(CC4(O)CCN(C(=O)[C@@H]5CCN(Cc6cccnn6)C[C@H]5c5ccccc5)CC4)cnc32)cc1. The van der Waals surface area contributed by atoms with Gasteiger partial charge >= 0.3 is 0 Å². The van der Waals surface area contributed by atoms with Crippen LogP contribution in [0.5, 0.6) is 5.75 Å². The highest BCUT2D eigenvalue weighted by molar-refractivity contribution is 5.80. The van der Waals surface area contributed by atoms with Gasteiger partial charge < -0.3 is 19.3 Å². The van der Waals surface area contributed by atoms with Gasteiger partial charge in [0.25, 0.3) is 5.56 Å². The molecular weight excluding hydrogens is 594 g/mol. The van der Waals surface area contributed by atoms with Gasteiger partial charge in [-0.05, 0) is 73.8 Å². The number of benzene rings is 2. The number of likely N-dealkylation sites (tertiary alicyclic amines) is 2. The average molecular weight is 634 g/mol. The molecule has 0 spiro atoms. The Morgan fingerprint density at radius 2 is 1.79 bits per heavy atom. The van der Waals surface area contributed by atoms with E-state index in [2.05, 4.69) is 32.2 Å². The van der Waals surface area contributed by atoms with Crippen molar-refractivity contribution in [3.05, 3.63) is 113 Å². The van der Waals surface area contributed by atoms with Crippen LogP contribution in [0.1, 0.15) is 36.4 Å². The molecule has 0 radical (unpaired) electrons. The van der Waals surface area contributed by atoms with E-state index in [-0.39, 0.29) is 29.8 Å². The second-order valence-electron chi connectivity index (χ2n) is 12.7. The van der Waals surface area contributed by atoms with E-state index in [9.17, 15) is 14.7 Å². The summed E-state index contributed by atoms with van der Waals surface area (Å²) in [6, 6.07) is 23.5. The number of ether oxygens (including phenoxy) is 1. The summed E-state index contributed by atoms with van der Waals surface area (Å²) in [7, 11) is 1.62. The number of carbonyl (C=O) groups is 1. The van der Waals surface area contributed by atoms with Crippen molar-refractivity contribution >= 4 is 16.9 Å². The maximum Gasteiger partial charge on any atom is 0.262 e. The predicted octanol–water partition coefficient (Wildman–Crippen LogP) is 3.65. The summed E-state index contributed by atoms with van der Waals surface area (Å²) in [5.74, 6) is 0.792. The fourth-order valence-electron chi connectivity index (χ4n) is 7.11. The van der Waals surface area contributed by atoms with Crippen molar-refractivity contribution in [2.75, 3.05) is 33.3 Å². The van der Waals surface area contributed by atoms with Crippen LogP contribution in [0.2, 0.25) is 0 Å². The Bertz CT molecular complexity index is 1880. The molecule has 2 atom stereocenters. The van der Waals surface area contributed by atoms with Gasteiger partial charge in [0.05, 0.1) is 30.3 Å². The molecule has 0 aliphatic carbocycles. The van der Waals surface area contributed by atoms with Gasteiger partial charge in [0.15, 0.2) is 5.65 Å². The van der Waals surface area contributed by atoms with E-state index in [1.165, 1.54) is 10.9 Å². The Balaban J connectivity index is 1.02. The zero-order chi connectivity index (χ0) is 32.4. The van der Waals surface area contributed by atoms with Crippen LogP contribution >= 0.6 is 0 Å². The van der Waals surface area contributed by atoms with Gasteiger partial charge in [0, 0.05) is 56.1 Å². The lowest BCUT2D eigenvalue weighted by molar-refractivity contribution is -0.142. The molecule has 3 aromatic heterocycles. The molecule has 47 heavy (non-hydrogen) atoms. The number of nitrogens with zero attached hydrogens (tertiary/aromatic N) is 7. The minimum atomic E-state index is -1.12. The number of piperidine rings is 2. The molecular formula is C36H39N7O4. The molecule has 2 aliphatic rings. The van der Waals surface area contributed by atoms with E-state index in [1.807, 2.05) is 70.3 Å². The average Bonchev–Trinajstić information content (AvgIpc) is 3.55. The third kappa shape index (κ3) is 6.41. The third-order valence-electron chi connectivity index (χ3n) is 9.75. The molecule has 1 amide bonds. The summed E-state index contributed by atoms with van der Waals surface area (Å²) in [6.07, 6.45) is 6.54. The van der Waals surface area contributed by atoms with E-state index in [0.29, 0.717) is 43.5 Å². The number of aromatic nitrogens is 5.